The molecular formula is C12H13BrF4. The van der Waals surface area contributed by atoms with E-state index in [1.807, 2.05) is 0 Å². The predicted octanol–water partition coefficient (Wildman–Crippen LogP) is 5.06. The molecule has 2 aliphatic carbocycles. The van der Waals surface area contributed by atoms with Gasteiger partial charge < -0.3 is 0 Å². The number of allylic oxidation sites excluding steroid dienone is 4. The number of alkyl halides is 2. The smallest absolute Gasteiger partial charge is 0.172 e. The maximum atomic E-state index is 14.6. The number of halogens is 5. The van der Waals surface area contributed by atoms with Crippen molar-refractivity contribution in [2.45, 2.75) is 43.9 Å². The SMILES string of the molecule is FC1=CC(F)(C2CCCCC2)C(F)C(Br)=C1F. The van der Waals surface area contributed by atoms with Gasteiger partial charge in [-0.3, -0.25) is 0 Å². The zero-order chi connectivity index (χ0) is 12.6. The Balaban J connectivity index is 2.31. The largest absolute Gasteiger partial charge is 0.238 e. The van der Waals surface area contributed by atoms with Crippen LogP contribution in [0.3, 0.4) is 0 Å². The van der Waals surface area contributed by atoms with Crippen LogP contribution in [0.15, 0.2) is 22.2 Å². The van der Waals surface area contributed by atoms with Crippen LogP contribution in [0.1, 0.15) is 32.1 Å². The molecule has 0 bridgehead atoms. The predicted molar refractivity (Wildman–Crippen MR) is 61.6 cm³/mol. The molecule has 0 nitrogen and oxygen atoms in total. The molecule has 0 spiro atoms. The first-order valence-corrected chi connectivity index (χ1v) is 6.53. The van der Waals surface area contributed by atoms with Crippen LogP contribution in [-0.4, -0.2) is 11.8 Å². The zero-order valence-electron chi connectivity index (χ0n) is 9.16. The van der Waals surface area contributed by atoms with Gasteiger partial charge in [0, 0.05) is 5.92 Å². The molecule has 0 radical (unpaired) electrons. The second-order valence-corrected chi connectivity index (χ2v) is 5.53. The Morgan fingerprint density at radius 2 is 1.76 bits per heavy atom. The van der Waals surface area contributed by atoms with Gasteiger partial charge in [0.1, 0.15) is 0 Å². The molecule has 5 heteroatoms. The zero-order valence-corrected chi connectivity index (χ0v) is 10.7. The van der Waals surface area contributed by atoms with Crippen LogP contribution in [0.5, 0.6) is 0 Å². The van der Waals surface area contributed by atoms with E-state index in [1.165, 1.54) is 0 Å². The third kappa shape index (κ3) is 2.18. The van der Waals surface area contributed by atoms with Crippen LogP contribution in [0.25, 0.3) is 0 Å². The molecule has 0 aromatic heterocycles. The fourth-order valence-electron chi connectivity index (χ4n) is 2.62. The summed E-state index contributed by atoms with van der Waals surface area (Å²) < 4.78 is 54.2. The van der Waals surface area contributed by atoms with Gasteiger partial charge in [-0.05, 0) is 34.8 Å². The van der Waals surface area contributed by atoms with E-state index >= 15 is 0 Å². The second-order valence-electron chi connectivity index (χ2n) is 4.68. The molecule has 1 fully saturated rings. The first kappa shape index (κ1) is 13.1. The topological polar surface area (TPSA) is 0 Å². The van der Waals surface area contributed by atoms with Crippen LogP contribution in [-0.2, 0) is 0 Å². The summed E-state index contributed by atoms with van der Waals surface area (Å²) in [4.78, 5) is 0. The summed E-state index contributed by atoms with van der Waals surface area (Å²) in [6.07, 6.45) is 1.97. The lowest BCUT2D eigenvalue weighted by Gasteiger charge is -2.37. The highest BCUT2D eigenvalue weighted by Crippen LogP contribution is 2.48. The van der Waals surface area contributed by atoms with Gasteiger partial charge in [0.15, 0.2) is 23.5 Å². The fraction of sp³-hybridized carbons (Fsp3) is 0.667. The summed E-state index contributed by atoms with van der Waals surface area (Å²) in [5.74, 6) is -3.21. The Labute approximate surface area is 106 Å². The van der Waals surface area contributed by atoms with E-state index in [0.29, 0.717) is 18.9 Å². The van der Waals surface area contributed by atoms with Gasteiger partial charge in [0.25, 0.3) is 0 Å². The van der Waals surface area contributed by atoms with E-state index in [2.05, 4.69) is 15.9 Å². The molecule has 96 valence electrons. The monoisotopic (exact) mass is 312 g/mol. The van der Waals surface area contributed by atoms with Crippen LogP contribution < -0.4 is 0 Å². The molecule has 1 saturated carbocycles. The summed E-state index contributed by atoms with van der Waals surface area (Å²) >= 11 is 2.61. The molecule has 17 heavy (non-hydrogen) atoms. The van der Waals surface area contributed by atoms with E-state index in [0.717, 1.165) is 19.3 Å². The van der Waals surface area contributed by atoms with Crippen molar-refractivity contribution < 1.29 is 17.6 Å². The highest BCUT2D eigenvalue weighted by Gasteiger charge is 2.50. The van der Waals surface area contributed by atoms with Crippen molar-refractivity contribution in [3.05, 3.63) is 22.2 Å². The molecule has 0 saturated heterocycles. The molecule has 2 aliphatic rings. The van der Waals surface area contributed by atoms with Crippen molar-refractivity contribution in [2.75, 3.05) is 0 Å². The molecular weight excluding hydrogens is 300 g/mol. The highest BCUT2D eigenvalue weighted by molar-refractivity contribution is 9.11. The van der Waals surface area contributed by atoms with Gasteiger partial charge in [-0.2, -0.15) is 0 Å². The van der Waals surface area contributed by atoms with E-state index in [-0.39, 0.29) is 0 Å². The summed E-state index contributed by atoms with van der Waals surface area (Å²) in [5.41, 5.74) is -2.42. The van der Waals surface area contributed by atoms with E-state index in [9.17, 15) is 17.6 Å². The summed E-state index contributed by atoms with van der Waals surface area (Å²) in [7, 11) is 0. The van der Waals surface area contributed by atoms with Crippen molar-refractivity contribution in [2.24, 2.45) is 5.92 Å². The molecule has 0 amide bonds. The molecule has 0 aromatic rings. The van der Waals surface area contributed by atoms with Crippen LogP contribution in [0.4, 0.5) is 17.6 Å². The normalized spacial score (nSPS) is 36.1. The first-order chi connectivity index (χ1) is 7.97. The molecule has 2 rings (SSSR count). The molecule has 0 heterocycles. The third-order valence-corrected chi connectivity index (χ3v) is 4.36. The number of hydrogen-bond donors (Lipinski definition) is 0. The Kier molecular flexibility index (Phi) is 3.66. The number of hydrogen-bond acceptors (Lipinski definition) is 0. The van der Waals surface area contributed by atoms with Gasteiger partial charge in [-0.15, -0.1) is 0 Å². The van der Waals surface area contributed by atoms with Crippen LogP contribution in [0.2, 0.25) is 0 Å². The Morgan fingerprint density at radius 3 is 2.35 bits per heavy atom. The minimum atomic E-state index is -2.42. The van der Waals surface area contributed by atoms with Gasteiger partial charge in [-0.1, -0.05) is 19.3 Å². The van der Waals surface area contributed by atoms with E-state index < -0.39 is 33.9 Å². The molecule has 0 aliphatic heterocycles. The molecule has 0 N–H and O–H groups in total. The van der Waals surface area contributed by atoms with Crippen molar-refractivity contribution in [3.63, 3.8) is 0 Å². The average molecular weight is 313 g/mol. The molecule has 2 atom stereocenters. The minimum Gasteiger partial charge on any atom is -0.238 e. The van der Waals surface area contributed by atoms with Gasteiger partial charge in [0.2, 0.25) is 0 Å². The lowest BCUT2D eigenvalue weighted by Crippen LogP contribution is -2.44. The Bertz CT molecular complexity index is 371. The first-order valence-electron chi connectivity index (χ1n) is 5.73. The fourth-order valence-corrected chi connectivity index (χ4v) is 3.16. The quantitative estimate of drug-likeness (QED) is 0.594. The highest BCUT2D eigenvalue weighted by atomic mass is 79.9. The van der Waals surface area contributed by atoms with Crippen LogP contribution >= 0.6 is 15.9 Å². The number of rotatable bonds is 1. The third-order valence-electron chi connectivity index (χ3n) is 3.61. The minimum absolute atomic E-state index is 0.480. The lowest BCUT2D eigenvalue weighted by molar-refractivity contribution is 0.0353. The molecule has 2 unspecified atom stereocenters. The van der Waals surface area contributed by atoms with Crippen molar-refractivity contribution in [3.8, 4) is 0 Å². The van der Waals surface area contributed by atoms with Crippen LogP contribution in [0, 0.1) is 5.92 Å². The van der Waals surface area contributed by atoms with Gasteiger partial charge in [-0.25, -0.2) is 17.6 Å². The van der Waals surface area contributed by atoms with E-state index in [4.69, 9.17) is 0 Å². The van der Waals surface area contributed by atoms with Gasteiger partial charge in [0.05, 0.1) is 4.48 Å². The standard InChI is InChI=1S/C12H13BrF4/c13-9-10(15)8(14)6-12(17,11(9)16)7-4-2-1-3-5-7/h6-7,11H,1-5H2. The van der Waals surface area contributed by atoms with Crippen molar-refractivity contribution >= 4 is 15.9 Å². The Hall–Kier alpha value is -0.320. The Morgan fingerprint density at radius 1 is 1.18 bits per heavy atom. The summed E-state index contributed by atoms with van der Waals surface area (Å²) in [6.45, 7) is 0. The summed E-state index contributed by atoms with van der Waals surface area (Å²) in [5, 5.41) is 0. The van der Waals surface area contributed by atoms with Crippen molar-refractivity contribution in [1.29, 1.82) is 0 Å². The molecule has 0 aromatic carbocycles. The van der Waals surface area contributed by atoms with Crippen molar-refractivity contribution in [1.82, 2.24) is 0 Å². The van der Waals surface area contributed by atoms with Gasteiger partial charge >= 0.3 is 0 Å². The second kappa shape index (κ2) is 4.75. The maximum Gasteiger partial charge on any atom is 0.172 e. The maximum absolute atomic E-state index is 14.6. The summed E-state index contributed by atoms with van der Waals surface area (Å²) in [6, 6.07) is 0. The average Bonchev–Trinajstić information content (AvgIpc) is 2.35. The van der Waals surface area contributed by atoms with E-state index in [1.54, 1.807) is 0 Å². The lowest BCUT2D eigenvalue weighted by atomic mass is 9.74.